The van der Waals surface area contributed by atoms with Gasteiger partial charge in [-0.3, -0.25) is 0 Å². The smallest absolute Gasteiger partial charge is 0.243 e. The summed E-state index contributed by atoms with van der Waals surface area (Å²) in [5.41, 5.74) is 7.13. The largest absolute Gasteiger partial charge is 0.399 e. The molecule has 0 radical (unpaired) electrons. The summed E-state index contributed by atoms with van der Waals surface area (Å²) in [5, 5.41) is 0.465. The van der Waals surface area contributed by atoms with Gasteiger partial charge in [0.2, 0.25) is 10.0 Å². The molecule has 0 atom stereocenters. The summed E-state index contributed by atoms with van der Waals surface area (Å²) in [6.45, 7) is 0.244. The minimum atomic E-state index is -3.59. The summed E-state index contributed by atoms with van der Waals surface area (Å²) in [7, 11) is -2.06. The van der Waals surface area contributed by atoms with E-state index < -0.39 is 10.0 Å². The molecule has 0 fully saturated rings. The topological polar surface area (TPSA) is 63.4 Å². The zero-order valence-corrected chi connectivity index (χ0v) is 14.4. The van der Waals surface area contributed by atoms with E-state index in [1.165, 1.54) is 23.5 Å². The highest BCUT2D eigenvalue weighted by Crippen LogP contribution is 2.27. The lowest BCUT2D eigenvalue weighted by Gasteiger charge is -2.18. The maximum Gasteiger partial charge on any atom is 0.243 e. The number of halogens is 2. The second-order valence-electron chi connectivity index (χ2n) is 4.58. The Morgan fingerprint density at radius 2 is 1.95 bits per heavy atom. The molecule has 0 aromatic heterocycles. The minimum absolute atomic E-state index is 0.185. The normalized spacial score (nSPS) is 11.8. The first kappa shape index (κ1) is 16.3. The third-order valence-corrected chi connectivity index (χ3v) is 5.97. The molecule has 0 heterocycles. The highest BCUT2D eigenvalue weighted by Gasteiger charge is 2.21. The Hall–Kier alpha value is -1.08. The van der Waals surface area contributed by atoms with Gasteiger partial charge < -0.3 is 5.73 Å². The van der Waals surface area contributed by atoms with Crippen molar-refractivity contribution < 1.29 is 8.42 Å². The Morgan fingerprint density at radius 1 is 1.24 bits per heavy atom. The number of hydrogen-bond acceptors (Lipinski definition) is 3. The van der Waals surface area contributed by atoms with E-state index in [0.717, 1.165) is 5.56 Å². The van der Waals surface area contributed by atoms with Gasteiger partial charge in [-0.25, -0.2) is 8.42 Å². The fourth-order valence-electron chi connectivity index (χ4n) is 1.85. The van der Waals surface area contributed by atoms with Crippen LogP contribution in [0.25, 0.3) is 0 Å². The fourth-order valence-corrected chi connectivity index (χ4v) is 3.68. The number of benzene rings is 2. The van der Waals surface area contributed by atoms with Gasteiger partial charge in [0.1, 0.15) is 0 Å². The summed E-state index contributed by atoms with van der Waals surface area (Å²) >= 11 is 9.12. The Labute approximate surface area is 137 Å². The molecule has 0 aliphatic carbocycles. The molecule has 112 valence electrons. The van der Waals surface area contributed by atoms with Gasteiger partial charge in [-0.15, -0.1) is 0 Å². The van der Waals surface area contributed by atoms with E-state index in [0.29, 0.717) is 15.2 Å². The number of rotatable bonds is 4. The van der Waals surface area contributed by atoms with Crippen molar-refractivity contribution in [2.45, 2.75) is 11.4 Å². The van der Waals surface area contributed by atoms with Crippen LogP contribution in [0.4, 0.5) is 5.69 Å². The molecule has 0 amide bonds. The molecule has 0 aliphatic heterocycles. The van der Waals surface area contributed by atoms with Crippen LogP contribution in [-0.2, 0) is 16.6 Å². The van der Waals surface area contributed by atoms with Crippen molar-refractivity contribution in [1.29, 1.82) is 0 Å². The molecular weight excluding hydrogens is 376 g/mol. The molecule has 7 heteroatoms. The van der Waals surface area contributed by atoms with Crippen molar-refractivity contribution in [2.75, 3.05) is 12.8 Å². The van der Waals surface area contributed by atoms with Crippen LogP contribution in [0.5, 0.6) is 0 Å². The van der Waals surface area contributed by atoms with E-state index in [4.69, 9.17) is 17.3 Å². The van der Waals surface area contributed by atoms with Crippen LogP contribution in [0, 0.1) is 0 Å². The maximum atomic E-state index is 12.5. The van der Waals surface area contributed by atoms with E-state index in [1.807, 2.05) is 6.07 Å². The van der Waals surface area contributed by atoms with Crippen LogP contribution < -0.4 is 5.73 Å². The fraction of sp³-hybridized carbons (Fsp3) is 0.143. The predicted molar refractivity (Wildman–Crippen MR) is 88.7 cm³/mol. The van der Waals surface area contributed by atoms with Crippen LogP contribution in [0.1, 0.15) is 5.56 Å². The van der Waals surface area contributed by atoms with E-state index in [1.54, 1.807) is 24.3 Å². The highest BCUT2D eigenvalue weighted by molar-refractivity contribution is 9.10. The first-order chi connectivity index (χ1) is 9.80. The van der Waals surface area contributed by atoms with Gasteiger partial charge in [-0.2, -0.15) is 4.31 Å². The van der Waals surface area contributed by atoms with Gasteiger partial charge in [0.25, 0.3) is 0 Å². The monoisotopic (exact) mass is 388 g/mol. The summed E-state index contributed by atoms with van der Waals surface area (Å²) < 4.78 is 26.9. The van der Waals surface area contributed by atoms with Crippen LogP contribution in [0.2, 0.25) is 5.02 Å². The first-order valence-electron chi connectivity index (χ1n) is 6.06. The highest BCUT2D eigenvalue weighted by atomic mass is 79.9. The molecule has 2 aromatic rings. The summed E-state index contributed by atoms with van der Waals surface area (Å²) in [6.07, 6.45) is 0. The number of hydrogen-bond donors (Lipinski definition) is 1. The van der Waals surface area contributed by atoms with Crippen molar-refractivity contribution in [3.63, 3.8) is 0 Å². The van der Waals surface area contributed by atoms with E-state index in [2.05, 4.69) is 15.9 Å². The number of anilines is 1. The molecule has 21 heavy (non-hydrogen) atoms. The minimum Gasteiger partial charge on any atom is -0.399 e. The second kappa shape index (κ2) is 6.36. The quantitative estimate of drug-likeness (QED) is 0.814. The van der Waals surface area contributed by atoms with Crippen molar-refractivity contribution in [1.82, 2.24) is 4.31 Å². The van der Waals surface area contributed by atoms with Crippen LogP contribution in [0.3, 0.4) is 0 Å². The van der Waals surface area contributed by atoms with Gasteiger partial charge in [0.05, 0.1) is 9.92 Å². The standard InChI is InChI=1S/C14H14BrClN2O2S/c1-18(9-10-3-2-4-11(17)7-10)21(19,20)12-5-6-14(16)13(15)8-12/h2-8H,9,17H2,1H3. The molecule has 0 saturated heterocycles. The Bertz CT molecular complexity index is 765. The molecule has 0 bridgehead atoms. The second-order valence-corrected chi connectivity index (χ2v) is 7.89. The molecular formula is C14H14BrClN2O2S. The molecule has 0 saturated carbocycles. The Kier molecular flexibility index (Phi) is 4.93. The van der Waals surface area contributed by atoms with Gasteiger partial charge >= 0.3 is 0 Å². The van der Waals surface area contributed by atoms with E-state index in [-0.39, 0.29) is 11.4 Å². The zero-order chi connectivity index (χ0) is 15.6. The average Bonchev–Trinajstić information content (AvgIpc) is 2.41. The summed E-state index contributed by atoms with van der Waals surface area (Å²) in [5.74, 6) is 0. The Balaban J connectivity index is 2.28. The Morgan fingerprint density at radius 3 is 2.57 bits per heavy atom. The average molecular weight is 390 g/mol. The van der Waals surface area contributed by atoms with Crippen LogP contribution in [0.15, 0.2) is 51.8 Å². The van der Waals surface area contributed by atoms with Crippen LogP contribution >= 0.6 is 27.5 Å². The van der Waals surface area contributed by atoms with Gasteiger partial charge in [0.15, 0.2) is 0 Å². The molecule has 0 unspecified atom stereocenters. The lowest BCUT2D eigenvalue weighted by atomic mass is 10.2. The third-order valence-electron chi connectivity index (χ3n) is 2.96. The van der Waals surface area contributed by atoms with E-state index in [9.17, 15) is 8.42 Å². The third kappa shape index (κ3) is 3.77. The molecule has 4 nitrogen and oxygen atoms in total. The van der Waals surface area contributed by atoms with Crippen LogP contribution in [-0.4, -0.2) is 19.8 Å². The molecule has 2 aromatic carbocycles. The lowest BCUT2D eigenvalue weighted by molar-refractivity contribution is 0.467. The predicted octanol–water partition coefficient (Wildman–Crippen LogP) is 3.51. The van der Waals surface area contributed by atoms with Crippen molar-refractivity contribution in [3.05, 3.63) is 57.5 Å². The molecule has 2 N–H and O–H groups in total. The number of sulfonamides is 1. The molecule has 2 rings (SSSR count). The van der Waals surface area contributed by atoms with Gasteiger partial charge in [-0.05, 0) is 51.8 Å². The molecule has 0 aliphatic rings. The van der Waals surface area contributed by atoms with E-state index >= 15 is 0 Å². The van der Waals surface area contributed by atoms with Gasteiger partial charge in [0, 0.05) is 23.8 Å². The zero-order valence-electron chi connectivity index (χ0n) is 11.3. The molecule has 0 spiro atoms. The summed E-state index contributed by atoms with van der Waals surface area (Å²) in [4.78, 5) is 0.185. The summed E-state index contributed by atoms with van der Waals surface area (Å²) in [6, 6.07) is 11.7. The maximum absolute atomic E-state index is 12.5. The van der Waals surface area contributed by atoms with Crippen molar-refractivity contribution in [2.24, 2.45) is 0 Å². The lowest BCUT2D eigenvalue weighted by Crippen LogP contribution is -2.26. The number of nitrogen functional groups attached to an aromatic ring is 1. The number of nitrogens with two attached hydrogens (primary N) is 1. The van der Waals surface area contributed by atoms with Gasteiger partial charge in [-0.1, -0.05) is 23.7 Å². The SMILES string of the molecule is CN(Cc1cccc(N)c1)S(=O)(=O)c1ccc(Cl)c(Br)c1. The number of nitrogens with zero attached hydrogens (tertiary/aromatic N) is 1. The first-order valence-corrected chi connectivity index (χ1v) is 8.67. The van der Waals surface area contributed by atoms with Crippen molar-refractivity contribution in [3.8, 4) is 0 Å². The van der Waals surface area contributed by atoms with Crippen molar-refractivity contribution >= 4 is 43.2 Å².